The van der Waals surface area contributed by atoms with Crippen LogP contribution in [0.25, 0.3) is 0 Å². The molecular formula is C14H20N2. The fourth-order valence-electron chi connectivity index (χ4n) is 1.99. The molecule has 0 aliphatic carbocycles. The molecule has 0 bridgehead atoms. The van der Waals surface area contributed by atoms with Gasteiger partial charge in [0.2, 0.25) is 0 Å². The summed E-state index contributed by atoms with van der Waals surface area (Å²) in [4.78, 5) is 4.50. The Labute approximate surface area is 97.8 Å². The number of amidine groups is 1. The Morgan fingerprint density at radius 3 is 2.81 bits per heavy atom. The number of nitrogens with one attached hydrogen (secondary N) is 1. The van der Waals surface area contributed by atoms with Crippen LogP contribution in [0.15, 0.2) is 29.3 Å². The van der Waals surface area contributed by atoms with Gasteiger partial charge in [0.25, 0.3) is 0 Å². The highest BCUT2D eigenvalue weighted by Gasteiger charge is 2.11. The minimum atomic E-state index is 0.756. The second-order valence-electron chi connectivity index (χ2n) is 4.75. The third kappa shape index (κ3) is 2.63. The molecule has 0 aromatic heterocycles. The Morgan fingerprint density at radius 1 is 1.31 bits per heavy atom. The van der Waals surface area contributed by atoms with Crippen molar-refractivity contribution in [3.05, 3.63) is 35.4 Å². The SMILES string of the molecule is CC(C)CCc1ccccc1C1=NCCN1. The Kier molecular flexibility index (Phi) is 3.60. The number of hydrogen-bond acceptors (Lipinski definition) is 2. The van der Waals surface area contributed by atoms with Gasteiger partial charge in [-0.1, -0.05) is 38.1 Å². The lowest BCUT2D eigenvalue weighted by atomic mass is 9.98. The van der Waals surface area contributed by atoms with Crippen LogP contribution in [0.4, 0.5) is 0 Å². The number of nitrogens with zero attached hydrogens (tertiary/aromatic N) is 1. The van der Waals surface area contributed by atoms with Gasteiger partial charge in [-0.05, 0) is 24.3 Å². The minimum absolute atomic E-state index is 0.756. The van der Waals surface area contributed by atoms with E-state index in [9.17, 15) is 0 Å². The van der Waals surface area contributed by atoms with Gasteiger partial charge in [-0.2, -0.15) is 0 Å². The van der Waals surface area contributed by atoms with Gasteiger partial charge in [0.15, 0.2) is 0 Å². The summed E-state index contributed by atoms with van der Waals surface area (Å²) in [5.74, 6) is 1.84. The van der Waals surface area contributed by atoms with Gasteiger partial charge in [-0.15, -0.1) is 0 Å². The Bertz CT molecular complexity index is 380. The molecule has 16 heavy (non-hydrogen) atoms. The van der Waals surface area contributed by atoms with Crippen LogP contribution in [-0.2, 0) is 6.42 Å². The Morgan fingerprint density at radius 2 is 2.12 bits per heavy atom. The van der Waals surface area contributed by atoms with Crippen LogP contribution in [0.3, 0.4) is 0 Å². The topological polar surface area (TPSA) is 24.4 Å². The van der Waals surface area contributed by atoms with Gasteiger partial charge in [-0.25, -0.2) is 0 Å². The Hall–Kier alpha value is -1.31. The highest BCUT2D eigenvalue weighted by Crippen LogP contribution is 2.15. The average Bonchev–Trinajstić information content (AvgIpc) is 2.80. The van der Waals surface area contributed by atoms with Gasteiger partial charge in [0.05, 0.1) is 6.54 Å². The number of benzene rings is 1. The third-order valence-electron chi connectivity index (χ3n) is 2.94. The summed E-state index contributed by atoms with van der Waals surface area (Å²) in [6, 6.07) is 8.61. The van der Waals surface area contributed by atoms with Crippen LogP contribution in [-0.4, -0.2) is 18.9 Å². The molecule has 0 fully saturated rings. The summed E-state index contributed by atoms with van der Waals surface area (Å²) in [5.41, 5.74) is 2.71. The first-order valence-electron chi connectivity index (χ1n) is 6.14. The molecule has 1 aliphatic rings. The molecule has 0 atom stereocenters. The molecule has 86 valence electrons. The van der Waals surface area contributed by atoms with Crippen molar-refractivity contribution >= 4 is 5.84 Å². The molecule has 2 heteroatoms. The highest BCUT2D eigenvalue weighted by molar-refractivity contribution is 6.00. The summed E-state index contributed by atoms with van der Waals surface area (Å²) < 4.78 is 0. The summed E-state index contributed by atoms with van der Waals surface area (Å²) in [7, 11) is 0. The molecule has 1 heterocycles. The van der Waals surface area contributed by atoms with Crippen molar-refractivity contribution < 1.29 is 0 Å². The quantitative estimate of drug-likeness (QED) is 0.822. The largest absolute Gasteiger partial charge is 0.368 e. The van der Waals surface area contributed by atoms with Crippen LogP contribution in [0.1, 0.15) is 31.4 Å². The number of aryl methyl sites for hydroxylation is 1. The highest BCUT2D eigenvalue weighted by atomic mass is 15.1. The maximum Gasteiger partial charge on any atom is 0.128 e. The summed E-state index contributed by atoms with van der Waals surface area (Å²) >= 11 is 0. The van der Waals surface area contributed by atoms with E-state index in [1.54, 1.807) is 0 Å². The van der Waals surface area contributed by atoms with E-state index in [2.05, 4.69) is 48.4 Å². The van der Waals surface area contributed by atoms with E-state index in [4.69, 9.17) is 0 Å². The number of aliphatic imine (C=N–C) groups is 1. The standard InChI is InChI=1S/C14H20N2/c1-11(2)7-8-12-5-3-4-6-13(12)14-15-9-10-16-14/h3-6,11H,7-10H2,1-2H3,(H,15,16). The molecule has 1 aromatic rings. The van der Waals surface area contributed by atoms with Gasteiger partial charge >= 0.3 is 0 Å². The van der Waals surface area contributed by atoms with Gasteiger partial charge in [0, 0.05) is 12.1 Å². The van der Waals surface area contributed by atoms with Gasteiger partial charge in [0.1, 0.15) is 5.84 Å². The third-order valence-corrected chi connectivity index (χ3v) is 2.94. The van der Waals surface area contributed by atoms with Crippen molar-refractivity contribution in [2.75, 3.05) is 13.1 Å². The fourth-order valence-corrected chi connectivity index (χ4v) is 1.99. The van der Waals surface area contributed by atoms with Crippen molar-refractivity contribution in [1.29, 1.82) is 0 Å². The second-order valence-corrected chi connectivity index (χ2v) is 4.75. The van der Waals surface area contributed by atoms with Crippen molar-refractivity contribution in [1.82, 2.24) is 5.32 Å². The first-order valence-corrected chi connectivity index (χ1v) is 6.14. The summed E-state index contributed by atoms with van der Waals surface area (Å²) in [5, 5.41) is 3.35. The maximum absolute atomic E-state index is 4.50. The molecule has 0 spiro atoms. The normalized spacial score (nSPS) is 15.1. The molecule has 1 aliphatic heterocycles. The average molecular weight is 216 g/mol. The maximum atomic E-state index is 4.50. The minimum Gasteiger partial charge on any atom is -0.368 e. The van der Waals surface area contributed by atoms with Crippen LogP contribution >= 0.6 is 0 Å². The van der Waals surface area contributed by atoms with E-state index >= 15 is 0 Å². The zero-order valence-electron chi connectivity index (χ0n) is 10.2. The fraction of sp³-hybridized carbons (Fsp3) is 0.500. The molecule has 0 saturated carbocycles. The predicted octanol–water partition coefficient (Wildman–Crippen LogP) is 2.62. The molecule has 2 rings (SSSR count). The molecule has 0 amide bonds. The Balaban J connectivity index is 2.17. The molecule has 0 radical (unpaired) electrons. The van der Waals surface area contributed by atoms with Crippen molar-refractivity contribution in [2.24, 2.45) is 10.9 Å². The van der Waals surface area contributed by atoms with E-state index in [1.165, 1.54) is 17.5 Å². The van der Waals surface area contributed by atoms with E-state index in [1.807, 2.05) is 0 Å². The molecule has 2 nitrogen and oxygen atoms in total. The predicted molar refractivity (Wildman–Crippen MR) is 69.0 cm³/mol. The molecule has 1 aromatic carbocycles. The van der Waals surface area contributed by atoms with Crippen LogP contribution < -0.4 is 5.32 Å². The molecule has 0 saturated heterocycles. The van der Waals surface area contributed by atoms with E-state index < -0.39 is 0 Å². The lowest BCUT2D eigenvalue weighted by Crippen LogP contribution is -2.20. The summed E-state index contributed by atoms with van der Waals surface area (Å²) in [6.45, 7) is 6.43. The molecule has 1 N–H and O–H groups in total. The first kappa shape index (κ1) is 11.2. The van der Waals surface area contributed by atoms with E-state index in [0.29, 0.717) is 0 Å². The lowest BCUT2D eigenvalue weighted by molar-refractivity contribution is 0.586. The van der Waals surface area contributed by atoms with Crippen molar-refractivity contribution in [3.8, 4) is 0 Å². The zero-order chi connectivity index (χ0) is 11.4. The zero-order valence-corrected chi connectivity index (χ0v) is 10.2. The van der Waals surface area contributed by atoms with Crippen molar-refractivity contribution in [3.63, 3.8) is 0 Å². The summed E-state index contributed by atoms with van der Waals surface area (Å²) in [6.07, 6.45) is 2.39. The van der Waals surface area contributed by atoms with Crippen molar-refractivity contribution in [2.45, 2.75) is 26.7 Å². The number of rotatable bonds is 4. The van der Waals surface area contributed by atoms with E-state index in [-0.39, 0.29) is 0 Å². The van der Waals surface area contributed by atoms with E-state index in [0.717, 1.165) is 31.3 Å². The van der Waals surface area contributed by atoms with Crippen LogP contribution in [0.5, 0.6) is 0 Å². The second kappa shape index (κ2) is 5.15. The van der Waals surface area contributed by atoms with Gasteiger partial charge < -0.3 is 5.32 Å². The van der Waals surface area contributed by atoms with Gasteiger partial charge in [-0.3, -0.25) is 4.99 Å². The van der Waals surface area contributed by atoms with Crippen LogP contribution in [0.2, 0.25) is 0 Å². The monoisotopic (exact) mass is 216 g/mol. The van der Waals surface area contributed by atoms with Crippen LogP contribution in [0, 0.1) is 5.92 Å². The lowest BCUT2D eigenvalue weighted by Gasteiger charge is -2.11. The number of hydrogen-bond donors (Lipinski definition) is 1. The molecular weight excluding hydrogens is 196 g/mol. The molecule has 0 unspecified atom stereocenters. The smallest absolute Gasteiger partial charge is 0.128 e. The first-order chi connectivity index (χ1) is 7.77.